The van der Waals surface area contributed by atoms with E-state index in [1.54, 1.807) is 0 Å². The van der Waals surface area contributed by atoms with Gasteiger partial charge in [-0.15, -0.1) is 11.8 Å². The molecule has 2 atom stereocenters. The molecule has 1 aliphatic carbocycles. The molecular weight excluding hydrogens is 172 g/mol. The Morgan fingerprint density at radius 2 is 1.93 bits per heavy atom. The van der Waals surface area contributed by atoms with Gasteiger partial charge < -0.3 is 4.74 Å². The second-order valence-corrected chi connectivity index (χ2v) is 4.60. The van der Waals surface area contributed by atoms with E-state index in [1.165, 1.54) is 25.7 Å². The summed E-state index contributed by atoms with van der Waals surface area (Å²) < 4.78 is 5.87. The highest BCUT2D eigenvalue weighted by Crippen LogP contribution is 2.41. The molecule has 0 aromatic heterocycles. The highest BCUT2D eigenvalue weighted by atomic mass is 16.5. The smallest absolute Gasteiger partial charge is 0.0584 e. The highest BCUT2D eigenvalue weighted by Gasteiger charge is 2.34. The van der Waals surface area contributed by atoms with E-state index in [9.17, 15) is 0 Å². The fraction of sp³-hybridized carbons (Fsp3) is 0.846. The summed E-state index contributed by atoms with van der Waals surface area (Å²) in [5, 5.41) is 0. The standard InChI is InChI=1S/C13H20O/c1-2-3-4-5-13-9-8-12(10-14-13)11-6-7-11/h11-13H,4-10H2,1H3. The fourth-order valence-electron chi connectivity index (χ4n) is 2.35. The zero-order valence-electron chi connectivity index (χ0n) is 9.09. The third-order valence-corrected chi connectivity index (χ3v) is 3.46. The van der Waals surface area contributed by atoms with Crippen LogP contribution in [0.2, 0.25) is 0 Å². The number of ether oxygens (including phenoxy) is 1. The third kappa shape index (κ3) is 2.75. The molecule has 0 spiro atoms. The first-order valence-electron chi connectivity index (χ1n) is 5.91. The Morgan fingerprint density at radius 3 is 2.50 bits per heavy atom. The topological polar surface area (TPSA) is 9.23 Å². The van der Waals surface area contributed by atoms with Crippen molar-refractivity contribution in [2.75, 3.05) is 6.61 Å². The lowest BCUT2D eigenvalue weighted by atomic mass is 9.93. The first-order chi connectivity index (χ1) is 6.90. The van der Waals surface area contributed by atoms with E-state index < -0.39 is 0 Å². The van der Waals surface area contributed by atoms with Gasteiger partial charge in [0.1, 0.15) is 0 Å². The SMILES string of the molecule is CC#CCCC1CCC(C2CC2)CO1. The molecule has 78 valence electrons. The number of hydrogen-bond acceptors (Lipinski definition) is 1. The Hall–Kier alpha value is -0.480. The van der Waals surface area contributed by atoms with E-state index in [4.69, 9.17) is 4.74 Å². The van der Waals surface area contributed by atoms with Gasteiger partial charge in [-0.05, 0) is 50.9 Å². The van der Waals surface area contributed by atoms with Gasteiger partial charge in [-0.3, -0.25) is 0 Å². The molecule has 2 aliphatic rings. The van der Waals surface area contributed by atoms with Crippen LogP contribution in [0, 0.1) is 23.7 Å². The molecule has 0 bridgehead atoms. The highest BCUT2D eigenvalue weighted by molar-refractivity contribution is 4.95. The van der Waals surface area contributed by atoms with Crippen LogP contribution in [0.25, 0.3) is 0 Å². The summed E-state index contributed by atoms with van der Waals surface area (Å²) in [4.78, 5) is 0. The average Bonchev–Trinajstić information content (AvgIpc) is 3.03. The molecule has 1 saturated heterocycles. The average molecular weight is 192 g/mol. The van der Waals surface area contributed by atoms with Gasteiger partial charge in [-0.1, -0.05) is 0 Å². The van der Waals surface area contributed by atoms with Gasteiger partial charge in [0, 0.05) is 6.42 Å². The minimum absolute atomic E-state index is 0.505. The van der Waals surface area contributed by atoms with Gasteiger partial charge in [0.25, 0.3) is 0 Å². The Labute approximate surface area is 87.2 Å². The molecule has 0 N–H and O–H groups in total. The summed E-state index contributed by atoms with van der Waals surface area (Å²) in [7, 11) is 0. The van der Waals surface area contributed by atoms with Gasteiger partial charge >= 0.3 is 0 Å². The van der Waals surface area contributed by atoms with E-state index in [2.05, 4.69) is 11.8 Å². The maximum absolute atomic E-state index is 5.87. The van der Waals surface area contributed by atoms with Gasteiger partial charge in [0.2, 0.25) is 0 Å². The molecule has 2 fully saturated rings. The molecule has 1 heteroatoms. The Balaban J connectivity index is 1.64. The van der Waals surface area contributed by atoms with Crippen LogP contribution in [0.5, 0.6) is 0 Å². The molecule has 14 heavy (non-hydrogen) atoms. The van der Waals surface area contributed by atoms with E-state index >= 15 is 0 Å². The molecular formula is C13H20O. The zero-order chi connectivity index (χ0) is 9.80. The first-order valence-corrected chi connectivity index (χ1v) is 5.91. The quantitative estimate of drug-likeness (QED) is 0.625. The van der Waals surface area contributed by atoms with Crippen molar-refractivity contribution in [3.8, 4) is 11.8 Å². The van der Waals surface area contributed by atoms with Crippen molar-refractivity contribution in [1.82, 2.24) is 0 Å². The molecule has 2 unspecified atom stereocenters. The van der Waals surface area contributed by atoms with Gasteiger partial charge in [-0.2, -0.15) is 0 Å². The van der Waals surface area contributed by atoms with Crippen LogP contribution in [-0.2, 0) is 4.74 Å². The maximum Gasteiger partial charge on any atom is 0.0584 e. The molecule has 0 aromatic rings. The van der Waals surface area contributed by atoms with Gasteiger partial charge in [0.05, 0.1) is 12.7 Å². The Kier molecular flexibility index (Phi) is 3.48. The van der Waals surface area contributed by atoms with Crippen molar-refractivity contribution < 1.29 is 4.74 Å². The Morgan fingerprint density at radius 1 is 1.14 bits per heavy atom. The fourth-order valence-corrected chi connectivity index (χ4v) is 2.35. The van der Waals surface area contributed by atoms with Crippen molar-refractivity contribution >= 4 is 0 Å². The summed E-state index contributed by atoms with van der Waals surface area (Å²) in [6, 6.07) is 0. The molecule has 1 nitrogen and oxygen atoms in total. The predicted octanol–water partition coefficient (Wildman–Crippen LogP) is 3.00. The summed E-state index contributed by atoms with van der Waals surface area (Å²) in [5.41, 5.74) is 0. The van der Waals surface area contributed by atoms with Crippen LogP contribution in [0.1, 0.15) is 45.4 Å². The minimum atomic E-state index is 0.505. The summed E-state index contributed by atoms with van der Waals surface area (Å²) >= 11 is 0. The summed E-state index contributed by atoms with van der Waals surface area (Å²) in [5.74, 6) is 7.96. The molecule has 1 aliphatic heterocycles. The van der Waals surface area contributed by atoms with E-state index in [-0.39, 0.29) is 0 Å². The number of hydrogen-bond donors (Lipinski definition) is 0. The van der Waals surface area contributed by atoms with E-state index in [0.29, 0.717) is 6.10 Å². The van der Waals surface area contributed by atoms with E-state index in [1.807, 2.05) is 6.92 Å². The maximum atomic E-state index is 5.87. The lowest BCUT2D eigenvalue weighted by molar-refractivity contribution is -0.0244. The lowest BCUT2D eigenvalue weighted by Gasteiger charge is -2.28. The largest absolute Gasteiger partial charge is 0.378 e. The second-order valence-electron chi connectivity index (χ2n) is 4.60. The van der Waals surface area contributed by atoms with E-state index in [0.717, 1.165) is 31.3 Å². The van der Waals surface area contributed by atoms with Gasteiger partial charge in [0.15, 0.2) is 0 Å². The van der Waals surface area contributed by atoms with Crippen LogP contribution in [-0.4, -0.2) is 12.7 Å². The zero-order valence-corrected chi connectivity index (χ0v) is 9.09. The first kappa shape index (κ1) is 10.1. The normalized spacial score (nSPS) is 32.1. The predicted molar refractivity (Wildman–Crippen MR) is 57.9 cm³/mol. The lowest BCUT2D eigenvalue weighted by Crippen LogP contribution is -2.26. The monoisotopic (exact) mass is 192 g/mol. The van der Waals surface area contributed by atoms with Crippen LogP contribution in [0.15, 0.2) is 0 Å². The van der Waals surface area contributed by atoms with Gasteiger partial charge in [-0.25, -0.2) is 0 Å². The van der Waals surface area contributed by atoms with Crippen molar-refractivity contribution in [2.24, 2.45) is 11.8 Å². The molecule has 1 heterocycles. The molecule has 0 aromatic carbocycles. The molecule has 1 saturated carbocycles. The van der Waals surface area contributed by atoms with Crippen molar-refractivity contribution in [1.29, 1.82) is 0 Å². The molecule has 2 rings (SSSR count). The summed E-state index contributed by atoms with van der Waals surface area (Å²) in [6.45, 7) is 2.93. The third-order valence-electron chi connectivity index (χ3n) is 3.46. The summed E-state index contributed by atoms with van der Waals surface area (Å²) in [6.07, 6.45) is 8.24. The molecule has 0 radical (unpaired) electrons. The van der Waals surface area contributed by atoms with Crippen LogP contribution >= 0.6 is 0 Å². The van der Waals surface area contributed by atoms with Crippen molar-refractivity contribution in [3.63, 3.8) is 0 Å². The number of rotatable bonds is 3. The van der Waals surface area contributed by atoms with Crippen molar-refractivity contribution in [2.45, 2.75) is 51.6 Å². The minimum Gasteiger partial charge on any atom is -0.378 e. The van der Waals surface area contributed by atoms with Crippen LogP contribution < -0.4 is 0 Å². The second kappa shape index (κ2) is 4.84. The van der Waals surface area contributed by atoms with Crippen molar-refractivity contribution in [3.05, 3.63) is 0 Å². The van der Waals surface area contributed by atoms with Crippen LogP contribution in [0.4, 0.5) is 0 Å². The molecule has 0 amide bonds. The van der Waals surface area contributed by atoms with Crippen LogP contribution in [0.3, 0.4) is 0 Å². The Bertz CT molecular complexity index is 223.